The Labute approximate surface area is 107 Å². The van der Waals surface area contributed by atoms with Crippen LogP contribution in [0.15, 0.2) is 18.2 Å². The van der Waals surface area contributed by atoms with E-state index in [0.29, 0.717) is 6.54 Å². The first-order chi connectivity index (χ1) is 8.10. The first kappa shape index (κ1) is 12.7. The maximum Gasteiger partial charge on any atom is 0.0726 e. The molecule has 2 rings (SSSR count). The smallest absolute Gasteiger partial charge is 0.0726 e. The van der Waals surface area contributed by atoms with E-state index in [-0.39, 0.29) is 12.2 Å². The van der Waals surface area contributed by atoms with Crippen molar-refractivity contribution in [3.8, 4) is 0 Å². The topological polar surface area (TPSA) is 38.5 Å². The molecule has 0 bridgehead atoms. The maximum atomic E-state index is 6.07. The lowest BCUT2D eigenvalue weighted by atomic mass is 10.1. The summed E-state index contributed by atoms with van der Waals surface area (Å²) in [6.07, 6.45) is 0.478. The van der Waals surface area contributed by atoms with Gasteiger partial charge < -0.3 is 15.4 Å². The Morgan fingerprint density at radius 2 is 2.00 bits per heavy atom. The van der Waals surface area contributed by atoms with Crippen molar-refractivity contribution in [2.75, 3.05) is 18.0 Å². The van der Waals surface area contributed by atoms with Crippen LogP contribution in [0.2, 0.25) is 5.02 Å². The normalized spacial score (nSPS) is 25.1. The van der Waals surface area contributed by atoms with Gasteiger partial charge in [0.2, 0.25) is 0 Å². The second-order valence-electron chi connectivity index (χ2n) is 4.64. The third-order valence-electron chi connectivity index (χ3n) is 3.03. The fraction of sp³-hybridized carbons (Fsp3) is 0.538. The second-order valence-corrected chi connectivity index (χ2v) is 5.08. The second kappa shape index (κ2) is 5.25. The minimum absolute atomic E-state index is 0.239. The Kier molecular flexibility index (Phi) is 3.92. The average molecular weight is 255 g/mol. The molecule has 1 aliphatic rings. The zero-order chi connectivity index (χ0) is 12.4. The Balaban J connectivity index is 2.28. The highest BCUT2D eigenvalue weighted by molar-refractivity contribution is 6.30. The van der Waals surface area contributed by atoms with Crippen molar-refractivity contribution in [3.05, 3.63) is 28.8 Å². The van der Waals surface area contributed by atoms with Gasteiger partial charge in [0.25, 0.3) is 0 Å². The molecule has 0 unspecified atom stereocenters. The van der Waals surface area contributed by atoms with Crippen LogP contribution < -0.4 is 10.6 Å². The van der Waals surface area contributed by atoms with Crippen LogP contribution in [0.25, 0.3) is 0 Å². The predicted molar refractivity (Wildman–Crippen MR) is 71.6 cm³/mol. The van der Waals surface area contributed by atoms with Crippen LogP contribution in [0.3, 0.4) is 0 Å². The summed E-state index contributed by atoms with van der Waals surface area (Å²) in [7, 11) is 0. The van der Waals surface area contributed by atoms with Gasteiger partial charge in [0.15, 0.2) is 0 Å². The molecule has 3 nitrogen and oxygen atoms in total. The van der Waals surface area contributed by atoms with Crippen LogP contribution in [0.4, 0.5) is 5.69 Å². The first-order valence-electron chi connectivity index (χ1n) is 5.99. The maximum absolute atomic E-state index is 6.07. The lowest BCUT2D eigenvalue weighted by molar-refractivity contribution is -0.00526. The lowest BCUT2D eigenvalue weighted by Gasteiger charge is -2.37. The molecule has 0 saturated carbocycles. The van der Waals surface area contributed by atoms with Gasteiger partial charge in [-0.2, -0.15) is 0 Å². The third-order valence-corrected chi connectivity index (χ3v) is 3.26. The summed E-state index contributed by atoms with van der Waals surface area (Å²) in [6, 6.07) is 5.89. The molecular formula is C13H19ClN2O. The van der Waals surface area contributed by atoms with E-state index in [2.05, 4.69) is 18.7 Å². The van der Waals surface area contributed by atoms with Gasteiger partial charge in [-0.05, 0) is 31.5 Å². The summed E-state index contributed by atoms with van der Waals surface area (Å²) in [5.74, 6) is 0. The van der Waals surface area contributed by atoms with Gasteiger partial charge in [0, 0.05) is 30.3 Å². The van der Waals surface area contributed by atoms with Gasteiger partial charge in [-0.3, -0.25) is 0 Å². The van der Waals surface area contributed by atoms with Crippen molar-refractivity contribution in [2.24, 2.45) is 5.73 Å². The summed E-state index contributed by atoms with van der Waals surface area (Å²) in [6.45, 7) is 6.49. The molecule has 1 aromatic rings. The van der Waals surface area contributed by atoms with E-state index in [1.807, 2.05) is 18.2 Å². The number of benzene rings is 1. The molecule has 0 spiro atoms. The van der Waals surface area contributed by atoms with Gasteiger partial charge >= 0.3 is 0 Å². The number of hydrogen-bond donors (Lipinski definition) is 1. The van der Waals surface area contributed by atoms with Gasteiger partial charge in [-0.25, -0.2) is 0 Å². The molecule has 0 aromatic heterocycles. The highest BCUT2D eigenvalue weighted by atomic mass is 35.5. The van der Waals surface area contributed by atoms with Gasteiger partial charge in [0.1, 0.15) is 0 Å². The van der Waals surface area contributed by atoms with Crippen molar-refractivity contribution in [1.82, 2.24) is 0 Å². The van der Waals surface area contributed by atoms with E-state index in [0.717, 1.165) is 29.4 Å². The molecule has 1 heterocycles. The fourth-order valence-corrected chi connectivity index (χ4v) is 2.54. The quantitative estimate of drug-likeness (QED) is 0.881. The summed E-state index contributed by atoms with van der Waals surface area (Å²) in [5, 5.41) is 0.754. The van der Waals surface area contributed by atoms with E-state index in [1.165, 1.54) is 0 Å². The number of ether oxygens (including phenoxy) is 1. The Hall–Kier alpha value is -0.770. The van der Waals surface area contributed by atoms with E-state index in [9.17, 15) is 0 Å². The van der Waals surface area contributed by atoms with E-state index in [1.54, 1.807) is 0 Å². The highest BCUT2D eigenvalue weighted by Gasteiger charge is 2.23. The summed E-state index contributed by atoms with van der Waals surface area (Å²) in [4.78, 5) is 2.31. The molecule has 1 aliphatic heterocycles. The van der Waals surface area contributed by atoms with E-state index < -0.39 is 0 Å². The number of nitrogens with zero attached hydrogens (tertiary/aromatic N) is 1. The highest BCUT2D eigenvalue weighted by Crippen LogP contribution is 2.27. The van der Waals surface area contributed by atoms with Crippen LogP contribution >= 0.6 is 11.6 Å². The minimum atomic E-state index is 0.239. The average Bonchev–Trinajstić information content (AvgIpc) is 2.27. The number of hydrogen-bond acceptors (Lipinski definition) is 3. The predicted octanol–water partition coefficient (Wildman–Crippen LogP) is 2.41. The number of halogens is 1. The molecule has 1 fully saturated rings. The van der Waals surface area contributed by atoms with Crippen molar-refractivity contribution in [1.29, 1.82) is 0 Å². The van der Waals surface area contributed by atoms with Crippen LogP contribution in [0.5, 0.6) is 0 Å². The first-order valence-corrected chi connectivity index (χ1v) is 6.37. The largest absolute Gasteiger partial charge is 0.372 e. The molecule has 17 heavy (non-hydrogen) atoms. The Morgan fingerprint density at radius 3 is 2.59 bits per heavy atom. The lowest BCUT2D eigenvalue weighted by Crippen LogP contribution is -2.45. The molecule has 1 aromatic carbocycles. The molecule has 2 atom stereocenters. The number of anilines is 1. The molecular weight excluding hydrogens is 236 g/mol. The zero-order valence-corrected chi connectivity index (χ0v) is 11.1. The fourth-order valence-electron chi connectivity index (χ4n) is 2.38. The van der Waals surface area contributed by atoms with E-state index in [4.69, 9.17) is 22.1 Å². The molecule has 1 saturated heterocycles. The molecule has 0 amide bonds. The van der Waals surface area contributed by atoms with Crippen molar-refractivity contribution in [3.63, 3.8) is 0 Å². The van der Waals surface area contributed by atoms with Crippen molar-refractivity contribution >= 4 is 17.3 Å². The molecule has 4 heteroatoms. The molecule has 94 valence electrons. The van der Waals surface area contributed by atoms with Crippen LogP contribution in [0, 0.1) is 0 Å². The minimum Gasteiger partial charge on any atom is -0.372 e. The monoisotopic (exact) mass is 254 g/mol. The standard InChI is InChI=1S/C13H19ClN2O/c1-9-7-16(8-10(2)17-9)13-5-12(14)4-3-11(13)6-15/h3-5,9-10H,6-8,15H2,1-2H3/t9-,10+. The summed E-state index contributed by atoms with van der Waals surface area (Å²) >= 11 is 6.07. The van der Waals surface area contributed by atoms with Crippen LogP contribution in [0.1, 0.15) is 19.4 Å². The summed E-state index contributed by atoms with van der Waals surface area (Å²) in [5.41, 5.74) is 8.05. The third kappa shape index (κ3) is 2.92. The van der Waals surface area contributed by atoms with Gasteiger partial charge in [0.05, 0.1) is 12.2 Å². The van der Waals surface area contributed by atoms with Crippen LogP contribution in [-0.4, -0.2) is 25.3 Å². The number of rotatable bonds is 2. The number of nitrogens with two attached hydrogens (primary N) is 1. The zero-order valence-electron chi connectivity index (χ0n) is 10.3. The molecule has 2 N–H and O–H groups in total. The van der Waals surface area contributed by atoms with E-state index >= 15 is 0 Å². The number of morpholine rings is 1. The summed E-state index contributed by atoms with van der Waals surface area (Å²) < 4.78 is 5.74. The Morgan fingerprint density at radius 1 is 1.35 bits per heavy atom. The van der Waals surface area contributed by atoms with Crippen molar-refractivity contribution < 1.29 is 4.74 Å². The molecule has 0 aliphatic carbocycles. The molecule has 0 radical (unpaired) electrons. The Bertz CT molecular complexity index is 387. The van der Waals surface area contributed by atoms with Gasteiger partial charge in [-0.1, -0.05) is 17.7 Å². The van der Waals surface area contributed by atoms with Gasteiger partial charge in [-0.15, -0.1) is 0 Å². The van der Waals surface area contributed by atoms with Crippen LogP contribution in [-0.2, 0) is 11.3 Å². The van der Waals surface area contributed by atoms with Crippen molar-refractivity contribution in [2.45, 2.75) is 32.6 Å². The SMILES string of the molecule is C[C@@H]1CN(c2cc(Cl)ccc2CN)C[C@H](C)O1.